The Morgan fingerprint density at radius 1 is 1.13 bits per heavy atom. The Morgan fingerprint density at radius 3 is 2.65 bits per heavy atom. The topological polar surface area (TPSA) is 84.9 Å². The first-order valence-electron chi connectivity index (χ1n) is 10.5. The molecule has 2 aliphatic rings. The van der Waals surface area contributed by atoms with Crippen LogP contribution in [0.3, 0.4) is 0 Å². The molecule has 1 amide bonds. The van der Waals surface area contributed by atoms with Gasteiger partial charge in [-0.25, -0.2) is 8.42 Å². The molecule has 4 rings (SSSR count). The molecule has 0 aliphatic carbocycles. The van der Waals surface area contributed by atoms with Gasteiger partial charge in [0.05, 0.1) is 10.8 Å². The van der Waals surface area contributed by atoms with Gasteiger partial charge in [0.1, 0.15) is 0 Å². The molecule has 7 nitrogen and oxygen atoms in total. The minimum absolute atomic E-state index is 0.109. The summed E-state index contributed by atoms with van der Waals surface area (Å²) in [5.41, 5.74) is 0.718. The van der Waals surface area contributed by atoms with Crippen molar-refractivity contribution >= 4 is 15.9 Å². The zero-order valence-corrected chi connectivity index (χ0v) is 18.7. The van der Waals surface area contributed by atoms with Crippen molar-refractivity contribution in [3.05, 3.63) is 54.1 Å². The Hall–Kier alpha value is -2.58. The summed E-state index contributed by atoms with van der Waals surface area (Å²) in [7, 11) is -3.59. The van der Waals surface area contributed by atoms with Crippen LogP contribution in [-0.2, 0) is 20.2 Å². The van der Waals surface area contributed by atoms with Crippen LogP contribution in [0.25, 0.3) is 0 Å². The third kappa shape index (κ3) is 4.55. The van der Waals surface area contributed by atoms with Crippen LogP contribution in [-0.4, -0.2) is 45.1 Å². The predicted octanol–water partition coefficient (Wildman–Crippen LogP) is 2.91. The average Bonchev–Trinajstić information content (AvgIpc) is 3.26. The van der Waals surface area contributed by atoms with E-state index in [1.54, 1.807) is 30.3 Å². The van der Waals surface area contributed by atoms with Gasteiger partial charge >= 0.3 is 0 Å². The number of hydrogen-bond acceptors (Lipinski definition) is 5. The molecular formula is C23H28N2O5S. The number of nitrogens with zero attached hydrogens (tertiary/aromatic N) is 1. The van der Waals surface area contributed by atoms with Crippen LogP contribution in [0.2, 0.25) is 0 Å². The van der Waals surface area contributed by atoms with Crippen LogP contribution < -0.4 is 14.8 Å². The van der Waals surface area contributed by atoms with Crippen molar-refractivity contribution in [1.29, 1.82) is 0 Å². The quantitative estimate of drug-likeness (QED) is 0.741. The number of benzene rings is 2. The zero-order chi connectivity index (χ0) is 22.1. The average molecular weight is 445 g/mol. The number of piperidine rings is 1. The Kier molecular flexibility index (Phi) is 5.94. The van der Waals surface area contributed by atoms with Crippen LogP contribution in [0.5, 0.6) is 11.5 Å². The Labute approximate surface area is 183 Å². The lowest BCUT2D eigenvalue weighted by Crippen LogP contribution is -2.47. The second-order valence-corrected chi connectivity index (χ2v) is 10.6. The van der Waals surface area contributed by atoms with Gasteiger partial charge in [0.15, 0.2) is 11.5 Å². The predicted molar refractivity (Wildman–Crippen MR) is 117 cm³/mol. The first kappa shape index (κ1) is 21.6. The molecule has 2 aromatic carbocycles. The van der Waals surface area contributed by atoms with E-state index in [9.17, 15) is 13.2 Å². The largest absolute Gasteiger partial charge is 0.454 e. The van der Waals surface area contributed by atoms with E-state index in [4.69, 9.17) is 9.47 Å². The lowest BCUT2D eigenvalue weighted by molar-refractivity contribution is -0.126. The molecular weight excluding hydrogens is 416 g/mol. The maximum absolute atomic E-state index is 12.9. The van der Waals surface area contributed by atoms with Gasteiger partial charge in [0.25, 0.3) is 0 Å². The maximum atomic E-state index is 12.9. The number of amides is 1. The smallest absolute Gasteiger partial charge is 0.243 e. The molecule has 0 saturated carbocycles. The summed E-state index contributed by atoms with van der Waals surface area (Å²) >= 11 is 0. The number of sulfonamides is 1. The fraction of sp³-hybridized carbons (Fsp3) is 0.435. The minimum Gasteiger partial charge on any atom is -0.454 e. The van der Waals surface area contributed by atoms with E-state index >= 15 is 0 Å². The molecule has 1 atom stereocenters. The van der Waals surface area contributed by atoms with Crippen molar-refractivity contribution in [2.24, 2.45) is 5.92 Å². The molecule has 0 radical (unpaired) electrons. The molecule has 2 aromatic rings. The van der Waals surface area contributed by atoms with Gasteiger partial charge in [-0.3, -0.25) is 4.79 Å². The lowest BCUT2D eigenvalue weighted by Gasteiger charge is -2.32. The van der Waals surface area contributed by atoms with Gasteiger partial charge in [0, 0.05) is 25.0 Å². The van der Waals surface area contributed by atoms with Crippen LogP contribution >= 0.6 is 0 Å². The summed E-state index contributed by atoms with van der Waals surface area (Å²) in [6.07, 6.45) is 1.34. The van der Waals surface area contributed by atoms with Gasteiger partial charge in [-0.1, -0.05) is 38.1 Å². The summed E-state index contributed by atoms with van der Waals surface area (Å²) in [6.45, 7) is 5.40. The van der Waals surface area contributed by atoms with Gasteiger partial charge in [-0.05, 0) is 42.7 Å². The highest BCUT2D eigenvalue weighted by Crippen LogP contribution is 2.36. The molecule has 2 aliphatic heterocycles. The lowest BCUT2D eigenvalue weighted by atomic mass is 9.84. The fourth-order valence-electron chi connectivity index (χ4n) is 3.99. The van der Waals surface area contributed by atoms with Gasteiger partial charge < -0.3 is 14.8 Å². The monoisotopic (exact) mass is 444 g/mol. The molecule has 1 N–H and O–H groups in total. The molecule has 1 unspecified atom stereocenters. The van der Waals surface area contributed by atoms with E-state index in [2.05, 4.69) is 19.2 Å². The van der Waals surface area contributed by atoms with E-state index in [1.807, 2.05) is 18.2 Å². The third-order valence-corrected chi connectivity index (χ3v) is 7.87. The Bertz CT molecular complexity index is 1050. The van der Waals surface area contributed by atoms with Crippen molar-refractivity contribution in [3.63, 3.8) is 0 Å². The highest BCUT2D eigenvalue weighted by Gasteiger charge is 2.34. The van der Waals surface area contributed by atoms with Crippen molar-refractivity contribution < 1.29 is 22.7 Å². The van der Waals surface area contributed by atoms with Crippen molar-refractivity contribution in [3.8, 4) is 11.5 Å². The summed E-state index contributed by atoms with van der Waals surface area (Å²) < 4.78 is 38.1. The number of fused-ring (bicyclic) bond motifs is 1. The molecule has 0 spiro atoms. The molecule has 1 saturated heterocycles. The first-order chi connectivity index (χ1) is 14.8. The number of carbonyl (C=O) groups is 1. The number of ether oxygens (including phenoxy) is 2. The molecule has 1 fully saturated rings. The fourth-order valence-corrected chi connectivity index (χ4v) is 5.53. The Morgan fingerprint density at radius 2 is 1.87 bits per heavy atom. The zero-order valence-electron chi connectivity index (χ0n) is 17.8. The van der Waals surface area contributed by atoms with Crippen LogP contribution in [0.15, 0.2) is 53.4 Å². The summed E-state index contributed by atoms with van der Waals surface area (Å²) in [5.74, 6) is 0.970. The van der Waals surface area contributed by atoms with Crippen molar-refractivity contribution in [2.45, 2.75) is 37.0 Å². The second-order valence-electron chi connectivity index (χ2n) is 8.68. The van der Waals surface area contributed by atoms with Gasteiger partial charge in [-0.15, -0.1) is 0 Å². The normalized spacial score (nSPS) is 19.2. The van der Waals surface area contributed by atoms with Gasteiger partial charge in [0.2, 0.25) is 22.7 Å². The SMILES string of the molecule is CC(C)(CNC(=O)C1CCCN(S(=O)(=O)c2ccccc2)C1)c1ccc2c(c1)OCO2. The highest BCUT2D eigenvalue weighted by atomic mass is 32.2. The minimum atomic E-state index is -3.59. The first-order valence-corrected chi connectivity index (χ1v) is 11.9. The molecule has 0 aromatic heterocycles. The molecule has 8 heteroatoms. The Balaban J connectivity index is 1.39. The number of nitrogens with one attached hydrogen (secondary N) is 1. The van der Waals surface area contributed by atoms with E-state index in [0.717, 1.165) is 11.3 Å². The third-order valence-electron chi connectivity index (χ3n) is 5.99. The van der Waals surface area contributed by atoms with Crippen molar-refractivity contribution in [2.75, 3.05) is 26.4 Å². The highest BCUT2D eigenvalue weighted by molar-refractivity contribution is 7.89. The van der Waals surface area contributed by atoms with Crippen LogP contribution in [0.4, 0.5) is 0 Å². The summed E-state index contributed by atoms with van der Waals surface area (Å²) in [6, 6.07) is 14.2. The standard InChI is InChI=1S/C23H28N2O5S/c1-23(2,18-10-11-20-21(13-18)30-16-29-20)15-24-22(26)17-7-6-12-25(14-17)31(27,28)19-8-4-3-5-9-19/h3-5,8-11,13,17H,6-7,12,14-16H2,1-2H3,(H,24,26). The van der Waals surface area contributed by atoms with Crippen molar-refractivity contribution in [1.82, 2.24) is 9.62 Å². The second kappa shape index (κ2) is 8.51. The molecule has 31 heavy (non-hydrogen) atoms. The molecule has 2 heterocycles. The van der Waals surface area contributed by atoms with E-state index in [-0.39, 0.29) is 35.5 Å². The van der Waals surface area contributed by atoms with E-state index < -0.39 is 10.0 Å². The number of rotatable bonds is 6. The summed E-state index contributed by atoms with van der Waals surface area (Å²) in [4.78, 5) is 13.2. The molecule has 0 bridgehead atoms. The summed E-state index contributed by atoms with van der Waals surface area (Å²) in [5, 5.41) is 3.04. The number of carbonyl (C=O) groups excluding carboxylic acids is 1. The van der Waals surface area contributed by atoms with Crippen LogP contribution in [0.1, 0.15) is 32.3 Å². The molecule has 166 valence electrons. The van der Waals surface area contributed by atoms with Crippen LogP contribution in [0, 0.1) is 5.92 Å². The maximum Gasteiger partial charge on any atom is 0.243 e. The van der Waals surface area contributed by atoms with E-state index in [0.29, 0.717) is 31.7 Å². The van der Waals surface area contributed by atoms with Gasteiger partial charge in [-0.2, -0.15) is 4.31 Å². The van der Waals surface area contributed by atoms with E-state index in [1.165, 1.54) is 4.31 Å². The number of hydrogen-bond donors (Lipinski definition) is 1.